The van der Waals surface area contributed by atoms with Gasteiger partial charge in [-0.2, -0.15) is 0 Å². The Balaban J connectivity index is 2.03. The van der Waals surface area contributed by atoms with Gasteiger partial charge in [-0.25, -0.2) is 8.42 Å². The molecule has 0 aliphatic rings. The summed E-state index contributed by atoms with van der Waals surface area (Å²) in [5.41, 5.74) is 5.12. The first-order chi connectivity index (χ1) is 12.9. The van der Waals surface area contributed by atoms with Crippen LogP contribution in [0.3, 0.4) is 0 Å². The Morgan fingerprint density at radius 1 is 1.04 bits per heavy atom. The van der Waals surface area contributed by atoms with Gasteiger partial charge in [0.15, 0.2) is 9.84 Å². The Hall–Kier alpha value is -2.37. The van der Waals surface area contributed by atoms with E-state index in [0.717, 1.165) is 27.9 Å². The van der Waals surface area contributed by atoms with E-state index in [4.69, 9.17) is 4.74 Å². The molecular weight excluding hydrogens is 358 g/mol. The Kier molecular flexibility index (Phi) is 5.82. The van der Waals surface area contributed by atoms with Gasteiger partial charge in [0.2, 0.25) is 0 Å². The van der Waals surface area contributed by atoms with E-state index in [2.05, 4.69) is 0 Å². The monoisotopic (exact) mass is 383 g/mol. The summed E-state index contributed by atoms with van der Waals surface area (Å²) < 4.78 is 31.9. The van der Waals surface area contributed by atoms with Crippen LogP contribution in [0.15, 0.2) is 65.8 Å². The van der Waals surface area contributed by atoms with Gasteiger partial charge < -0.3 is 9.30 Å². The molecule has 0 atom stereocenters. The summed E-state index contributed by atoms with van der Waals surface area (Å²) in [7, 11) is -3.29. The maximum absolute atomic E-state index is 12.2. The number of hydrogen-bond acceptors (Lipinski definition) is 3. The molecule has 27 heavy (non-hydrogen) atoms. The zero-order chi connectivity index (χ0) is 19.4. The molecule has 1 heterocycles. The van der Waals surface area contributed by atoms with Crippen molar-refractivity contribution in [1.29, 1.82) is 0 Å². The fourth-order valence-electron chi connectivity index (χ4n) is 3.16. The quantitative estimate of drug-likeness (QED) is 0.567. The predicted molar refractivity (Wildman–Crippen MR) is 109 cm³/mol. The van der Waals surface area contributed by atoms with Crippen molar-refractivity contribution in [3.63, 3.8) is 0 Å². The highest BCUT2D eigenvalue weighted by molar-refractivity contribution is 7.90. The number of rotatable bonds is 7. The molecule has 0 spiro atoms. The van der Waals surface area contributed by atoms with Crippen LogP contribution in [0, 0.1) is 6.92 Å². The second kappa shape index (κ2) is 8.11. The minimum atomic E-state index is -3.29. The molecule has 0 saturated carbocycles. The van der Waals surface area contributed by atoms with Crippen molar-refractivity contribution in [1.82, 2.24) is 4.57 Å². The fraction of sp³-hybridized carbons (Fsp3) is 0.273. The Labute approximate surface area is 161 Å². The minimum absolute atomic E-state index is 0.351. The maximum Gasteiger partial charge on any atom is 0.175 e. The van der Waals surface area contributed by atoms with Crippen molar-refractivity contribution in [2.45, 2.75) is 25.2 Å². The van der Waals surface area contributed by atoms with Gasteiger partial charge in [-0.3, -0.25) is 0 Å². The van der Waals surface area contributed by atoms with Crippen LogP contribution in [0.1, 0.15) is 18.1 Å². The lowest BCUT2D eigenvalue weighted by atomic mass is 9.95. The Bertz CT molecular complexity index is 1000. The molecule has 3 aromatic rings. The molecule has 0 bridgehead atoms. The normalized spacial score (nSPS) is 11.7. The molecule has 0 unspecified atom stereocenters. The molecular formula is C22H25NO3S. The van der Waals surface area contributed by atoms with Crippen LogP contribution in [0.5, 0.6) is 0 Å². The number of benzene rings is 2. The van der Waals surface area contributed by atoms with Crippen LogP contribution in [0.4, 0.5) is 0 Å². The van der Waals surface area contributed by atoms with Crippen LogP contribution < -0.4 is 0 Å². The maximum atomic E-state index is 12.2. The first-order valence-corrected chi connectivity index (χ1v) is 10.9. The number of hydrogen-bond donors (Lipinski definition) is 0. The van der Waals surface area contributed by atoms with Gasteiger partial charge in [-0.05, 0) is 78.9 Å². The van der Waals surface area contributed by atoms with Crippen molar-refractivity contribution in [3.05, 3.63) is 72.1 Å². The zero-order valence-corrected chi connectivity index (χ0v) is 16.8. The van der Waals surface area contributed by atoms with E-state index in [1.54, 1.807) is 12.1 Å². The van der Waals surface area contributed by atoms with Gasteiger partial charge in [0.05, 0.1) is 11.5 Å². The van der Waals surface area contributed by atoms with E-state index in [1.165, 1.54) is 6.26 Å². The lowest BCUT2D eigenvalue weighted by molar-refractivity contribution is 0.151. The summed E-state index contributed by atoms with van der Waals surface area (Å²) in [6, 6.07) is 15.7. The minimum Gasteiger partial charge on any atom is -0.381 e. The van der Waals surface area contributed by atoms with E-state index >= 15 is 0 Å². The van der Waals surface area contributed by atoms with E-state index in [9.17, 15) is 8.42 Å². The Morgan fingerprint density at radius 3 is 2.30 bits per heavy atom. The summed E-state index contributed by atoms with van der Waals surface area (Å²) in [5.74, 6) is 0. The van der Waals surface area contributed by atoms with Crippen molar-refractivity contribution in [3.8, 4) is 16.8 Å². The molecule has 4 nitrogen and oxygen atoms in total. The molecule has 1 aromatic heterocycles. The van der Waals surface area contributed by atoms with Crippen LogP contribution >= 0.6 is 0 Å². The van der Waals surface area contributed by atoms with E-state index in [-0.39, 0.29) is 0 Å². The van der Waals surface area contributed by atoms with Crippen LogP contribution in [0.25, 0.3) is 16.8 Å². The molecule has 0 fully saturated rings. The fourth-order valence-corrected chi connectivity index (χ4v) is 3.85. The van der Waals surface area contributed by atoms with E-state index in [1.807, 2.05) is 67.2 Å². The largest absolute Gasteiger partial charge is 0.381 e. The van der Waals surface area contributed by atoms with Crippen molar-refractivity contribution in [2.24, 2.45) is 0 Å². The lowest BCUT2D eigenvalue weighted by Gasteiger charge is -2.15. The summed E-state index contributed by atoms with van der Waals surface area (Å²) in [6.07, 6.45) is 5.94. The zero-order valence-electron chi connectivity index (χ0n) is 16.0. The SMILES string of the molecule is CCOCCc1cc(S(C)(=O)=O)cc(-c2ccc(-n3cccc3)cc2)c1C. The highest BCUT2D eigenvalue weighted by Gasteiger charge is 2.15. The van der Waals surface area contributed by atoms with Gasteiger partial charge >= 0.3 is 0 Å². The van der Waals surface area contributed by atoms with Gasteiger partial charge in [0, 0.05) is 30.9 Å². The summed E-state index contributed by atoms with van der Waals surface area (Å²) in [5, 5.41) is 0. The molecule has 0 aliphatic heterocycles. The van der Waals surface area contributed by atoms with Gasteiger partial charge in [-0.15, -0.1) is 0 Å². The highest BCUT2D eigenvalue weighted by atomic mass is 32.2. The van der Waals surface area contributed by atoms with E-state index < -0.39 is 9.84 Å². The topological polar surface area (TPSA) is 48.3 Å². The van der Waals surface area contributed by atoms with Gasteiger partial charge in [0.1, 0.15) is 0 Å². The first kappa shape index (κ1) is 19.4. The second-order valence-corrected chi connectivity index (χ2v) is 8.63. The third-order valence-electron chi connectivity index (χ3n) is 4.72. The smallest absolute Gasteiger partial charge is 0.175 e. The average molecular weight is 384 g/mol. The third kappa shape index (κ3) is 4.49. The first-order valence-electron chi connectivity index (χ1n) is 9.05. The van der Waals surface area contributed by atoms with Crippen molar-refractivity contribution >= 4 is 9.84 Å². The third-order valence-corrected chi connectivity index (χ3v) is 5.81. The number of nitrogens with zero attached hydrogens (tertiary/aromatic N) is 1. The molecule has 0 radical (unpaired) electrons. The predicted octanol–water partition coefficient (Wildman–Crippen LogP) is 4.44. The molecule has 0 aliphatic carbocycles. The van der Waals surface area contributed by atoms with Gasteiger partial charge in [0.25, 0.3) is 0 Å². The van der Waals surface area contributed by atoms with Crippen LogP contribution in [0.2, 0.25) is 0 Å². The molecule has 142 valence electrons. The molecule has 2 aromatic carbocycles. The average Bonchev–Trinajstić information content (AvgIpc) is 3.17. The molecule has 5 heteroatoms. The molecule has 3 rings (SSSR count). The molecule has 0 saturated heterocycles. The lowest BCUT2D eigenvalue weighted by Crippen LogP contribution is -2.05. The number of sulfone groups is 1. The summed E-state index contributed by atoms with van der Waals surface area (Å²) in [4.78, 5) is 0.351. The standard InChI is InChI=1S/C22H25NO3S/c1-4-26-14-11-19-15-21(27(3,24)25)16-22(17(19)2)18-7-9-20(10-8-18)23-12-5-6-13-23/h5-10,12-13,15-16H,4,11,14H2,1-3H3. The number of ether oxygens (including phenoxy) is 1. The molecule has 0 amide bonds. The van der Waals surface area contributed by atoms with Crippen molar-refractivity contribution in [2.75, 3.05) is 19.5 Å². The van der Waals surface area contributed by atoms with E-state index in [0.29, 0.717) is 24.5 Å². The summed E-state index contributed by atoms with van der Waals surface area (Å²) in [6.45, 7) is 5.23. The summed E-state index contributed by atoms with van der Waals surface area (Å²) >= 11 is 0. The van der Waals surface area contributed by atoms with Crippen molar-refractivity contribution < 1.29 is 13.2 Å². The number of aromatic nitrogens is 1. The molecule has 0 N–H and O–H groups in total. The highest BCUT2D eigenvalue weighted by Crippen LogP contribution is 2.30. The Morgan fingerprint density at radius 2 is 1.70 bits per heavy atom. The van der Waals surface area contributed by atoms with Gasteiger partial charge in [-0.1, -0.05) is 12.1 Å². The van der Waals surface area contributed by atoms with Crippen LogP contribution in [-0.2, 0) is 21.0 Å². The second-order valence-electron chi connectivity index (χ2n) is 6.61. The van der Waals surface area contributed by atoms with Crippen LogP contribution in [-0.4, -0.2) is 32.5 Å².